The second-order valence-corrected chi connectivity index (χ2v) is 4.27. The Bertz CT molecular complexity index is 469. The highest BCUT2D eigenvalue weighted by atomic mass is 127. The molecule has 21 heavy (non-hydrogen) atoms. The first-order valence-corrected chi connectivity index (χ1v) is 6.07. The SMILES string of the molecule is C=CCNC(=NC)N(C)Cc1ccc(C(F)(F)F)cc1.I. The number of aliphatic imine (C=N–C) groups is 1. The summed E-state index contributed by atoms with van der Waals surface area (Å²) in [5, 5.41) is 3.05. The van der Waals surface area contributed by atoms with E-state index >= 15 is 0 Å². The number of benzene rings is 1. The van der Waals surface area contributed by atoms with Gasteiger partial charge in [-0.1, -0.05) is 18.2 Å². The summed E-state index contributed by atoms with van der Waals surface area (Å²) in [7, 11) is 3.46. The van der Waals surface area contributed by atoms with Crippen LogP contribution in [-0.4, -0.2) is 31.5 Å². The van der Waals surface area contributed by atoms with Crippen LogP contribution in [-0.2, 0) is 12.7 Å². The van der Waals surface area contributed by atoms with Crippen LogP contribution >= 0.6 is 24.0 Å². The van der Waals surface area contributed by atoms with Crippen LogP contribution < -0.4 is 5.32 Å². The summed E-state index contributed by atoms with van der Waals surface area (Å²) in [5.74, 6) is 0.657. The third-order valence-electron chi connectivity index (χ3n) is 2.68. The molecule has 3 nitrogen and oxygen atoms in total. The van der Waals surface area contributed by atoms with Crippen LogP contribution in [0.1, 0.15) is 11.1 Å². The van der Waals surface area contributed by atoms with Crippen LogP contribution in [0.4, 0.5) is 13.2 Å². The van der Waals surface area contributed by atoms with E-state index in [1.54, 1.807) is 13.1 Å². The van der Waals surface area contributed by atoms with Crippen LogP contribution in [0.25, 0.3) is 0 Å². The van der Waals surface area contributed by atoms with E-state index in [-0.39, 0.29) is 24.0 Å². The molecule has 1 rings (SSSR count). The molecular formula is C14H19F3IN3. The molecule has 1 N–H and O–H groups in total. The summed E-state index contributed by atoms with van der Waals surface area (Å²) in [5.41, 5.74) is 0.139. The minimum Gasteiger partial charge on any atom is -0.353 e. The number of hydrogen-bond donors (Lipinski definition) is 1. The van der Waals surface area contributed by atoms with Gasteiger partial charge in [-0.25, -0.2) is 0 Å². The lowest BCUT2D eigenvalue weighted by atomic mass is 10.1. The minimum atomic E-state index is -4.30. The van der Waals surface area contributed by atoms with E-state index in [1.807, 2.05) is 11.9 Å². The monoisotopic (exact) mass is 413 g/mol. The average molecular weight is 413 g/mol. The highest BCUT2D eigenvalue weighted by Gasteiger charge is 2.29. The molecule has 0 heterocycles. The fraction of sp³-hybridized carbons (Fsp3) is 0.357. The van der Waals surface area contributed by atoms with Crippen LogP contribution in [0.3, 0.4) is 0 Å². The van der Waals surface area contributed by atoms with E-state index in [0.29, 0.717) is 19.0 Å². The molecule has 0 fully saturated rings. The zero-order valence-electron chi connectivity index (χ0n) is 11.9. The van der Waals surface area contributed by atoms with Gasteiger partial charge in [0.25, 0.3) is 0 Å². The van der Waals surface area contributed by atoms with Gasteiger partial charge in [0.2, 0.25) is 0 Å². The first kappa shape index (κ1) is 19.8. The van der Waals surface area contributed by atoms with Crippen molar-refractivity contribution in [1.82, 2.24) is 10.2 Å². The highest BCUT2D eigenvalue weighted by molar-refractivity contribution is 14.0. The van der Waals surface area contributed by atoms with Crippen molar-refractivity contribution in [2.75, 3.05) is 20.6 Å². The van der Waals surface area contributed by atoms with Gasteiger partial charge in [-0.2, -0.15) is 13.2 Å². The highest BCUT2D eigenvalue weighted by Crippen LogP contribution is 2.29. The second kappa shape index (κ2) is 8.91. The number of guanidine groups is 1. The Hall–Kier alpha value is -1.25. The van der Waals surface area contributed by atoms with Crippen LogP contribution in [0, 0.1) is 0 Å². The molecule has 0 radical (unpaired) electrons. The number of hydrogen-bond acceptors (Lipinski definition) is 1. The molecule has 0 atom stereocenters. The van der Waals surface area contributed by atoms with Gasteiger partial charge in [0.05, 0.1) is 5.56 Å². The number of halogens is 4. The van der Waals surface area contributed by atoms with Crippen molar-refractivity contribution in [3.63, 3.8) is 0 Å². The largest absolute Gasteiger partial charge is 0.416 e. The molecule has 0 aliphatic heterocycles. The minimum absolute atomic E-state index is 0. The van der Waals surface area contributed by atoms with Crippen LogP contribution in [0.15, 0.2) is 41.9 Å². The fourth-order valence-corrected chi connectivity index (χ4v) is 1.70. The Kier molecular flexibility index (Phi) is 8.38. The number of nitrogens with zero attached hydrogens (tertiary/aromatic N) is 2. The third-order valence-corrected chi connectivity index (χ3v) is 2.68. The Labute approximate surface area is 140 Å². The second-order valence-electron chi connectivity index (χ2n) is 4.27. The molecule has 0 aliphatic carbocycles. The quantitative estimate of drug-likeness (QED) is 0.354. The van der Waals surface area contributed by atoms with E-state index in [4.69, 9.17) is 0 Å². The van der Waals surface area contributed by atoms with Gasteiger partial charge in [0.15, 0.2) is 5.96 Å². The lowest BCUT2D eigenvalue weighted by Gasteiger charge is -2.21. The predicted molar refractivity (Wildman–Crippen MR) is 89.9 cm³/mol. The van der Waals surface area contributed by atoms with Crippen molar-refractivity contribution in [3.8, 4) is 0 Å². The van der Waals surface area contributed by atoms with Gasteiger partial charge in [0, 0.05) is 27.2 Å². The van der Waals surface area contributed by atoms with Gasteiger partial charge in [-0.15, -0.1) is 30.6 Å². The van der Waals surface area contributed by atoms with E-state index in [9.17, 15) is 13.2 Å². The zero-order chi connectivity index (χ0) is 15.2. The number of rotatable bonds is 4. The molecular weight excluding hydrogens is 394 g/mol. The van der Waals surface area contributed by atoms with Gasteiger partial charge in [0.1, 0.15) is 0 Å². The molecule has 1 aromatic rings. The predicted octanol–water partition coefficient (Wildman–Crippen LogP) is 3.52. The van der Waals surface area contributed by atoms with Crippen molar-refractivity contribution in [2.24, 2.45) is 4.99 Å². The smallest absolute Gasteiger partial charge is 0.353 e. The summed E-state index contributed by atoms with van der Waals surface area (Å²) in [6.45, 7) is 4.64. The van der Waals surface area contributed by atoms with Crippen molar-refractivity contribution in [2.45, 2.75) is 12.7 Å². The maximum absolute atomic E-state index is 12.5. The van der Waals surface area contributed by atoms with E-state index in [1.165, 1.54) is 12.1 Å². The number of alkyl halides is 3. The standard InChI is InChI=1S/C14H18F3N3.HI/c1-4-9-19-13(18-2)20(3)10-11-5-7-12(8-6-11)14(15,16)17;/h4-8H,1,9-10H2,2-3H3,(H,18,19);1H. The summed E-state index contributed by atoms with van der Waals surface area (Å²) in [6, 6.07) is 5.12. The normalized spacial score (nSPS) is 11.6. The van der Waals surface area contributed by atoms with Gasteiger partial charge < -0.3 is 10.2 Å². The molecule has 0 aliphatic rings. The molecule has 0 aromatic heterocycles. The molecule has 0 unspecified atom stereocenters. The molecule has 0 saturated carbocycles. The van der Waals surface area contributed by atoms with Crippen LogP contribution in [0.2, 0.25) is 0 Å². The Morgan fingerprint density at radius 3 is 2.33 bits per heavy atom. The van der Waals surface area contributed by atoms with Gasteiger partial charge >= 0.3 is 6.18 Å². The molecule has 1 aromatic carbocycles. The van der Waals surface area contributed by atoms with Gasteiger partial charge in [-0.3, -0.25) is 4.99 Å². The first-order valence-electron chi connectivity index (χ1n) is 6.07. The van der Waals surface area contributed by atoms with Gasteiger partial charge in [-0.05, 0) is 17.7 Å². The molecule has 0 saturated heterocycles. The maximum Gasteiger partial charge on any atom is 0.416 e. The first-order chi connectivity index (χ1) is 9.38. The lowest BCUT2D eigenvalue weighted by molar-refractivity contribution is -0.137. The Morgan fingerprint density at radius 1 is 1.33 bits per heavy atom. The van der Waals surface area contributed by atoms with Crippen molar-refractivity contribution < 1.29 is 13.2 Å². The Balaban J connectivity index is 0.00000400. The molecule has 0 amide bonds. The third kappa shape index (κ3) is 6.36. The summed E-state index contributed by atoms with van der Waals surface area (Å²) >= 11 is 0. The van der Waals surface area contributed by atoms with E-state index in [0.717, 1.165) is 17.7 Å². The molecule has 0 bridgehead atoms. The molecule has 0 spiro atoms. The average Bonchev–Trinajstić information content (AvgIpc) is 2.39. The summed E-state index contributed by atoms with van der Waals surface area (Å²) in [6.07, 6.45) is -2.59. The number of nitrogens with one attached hydrogen (secondary N) is 1. The van der Waals surface area contributed by atoms with Crippen LogP contribution in [0.5, 0.6) is 0 Å². The summed E-state index contributed by atoms with van der Waals surface area (Å²) < 4.78 is 37.4. The Morgan fingerprint density at radius 2 is 1.90 bits per heavy atom. The maximum atomic E-state index is 12.5. The zero-order valence-corrected chi connectivity index (χ0v) is 14.3. The molecule has 7 heteroatoms. The van der Waals surface area contributed by atoms with Crippen molar-refractivity contribution in [1.29, 1.82) is 0 Å². The molecule has 118 valence electrons. The topological polar surface area (TPSA) is 27.6 Å². The van der Waals surface area contributed by atoms with Crippen molar-refractivity contribution >= 4 is 29.9 Å². The summed E-state index contributed by atoms with van der Waals surface area (Å²) in [4.78, 5) is 5.91. The van der Waals surface area contributed by atoms with Crippen molar-refractivity contribution in [3.05, 3.63) is 48.0 Å². The fourth-order valence-electron chi connectivity index (χ4n) is 1.70. The van der Waals surface area contributed by atoms with E-state index in [2.05, 4.69) is 16.9 Å². The van der Waals surface area contributed by atoms with E-state index < -0.39 is 11.7 Å². The lowest BCUT2D eigenvalue weighted by Crippen LogP contribution is -2.38.